The summed E-state index contributed by atoms with van der Waals surface area (Å²) in [6.45, 7) is 0. The Morgan fingerprint density at radius 3 is 2.94 bits per heavy atom. The summed E-state index contributed by atoms with van der Waals surface area (Å²) < 4.78 is 0. The number of hydrogen-bond donors (Lipinski definition) is 1. The first kappa shape index (κ1) is 10.8. The van der Waals surface area contributed by atoms with E-state index in [-0.39, 0.29) is 0 Å². The lowest BCUT2D eigenvalue weighted by molar-refractivity contribution is 0.258. The molecule has 2 heteroatoms. The lowest BCUT2D eigenvalue weighted by Crippen LogP contribution is -2.34. The summed E-state index contributed by atoms with van der Waals surface area (Å²) in [7, 11) is 0. The van der Waals surface area contributed by atoms with E-state index >= 15 is 0 Å². The van der Waals surface area contributed by atoms with Crippen LogP contribution >= 0.6 is 11.3 Å². The Kier molecular flexibility index (Phi) is 3.03. The SMILES string of the molecule is NC(CC1CCC1)C1CCCc2sccc21. The van der Waals surface area contributed by atoms with Crippen molar-refractivity contribution in [3.05, 3.63) is 21.9 Å². The molecule has 2 atom stereocenters. The van der Waals surface area contributed by atoms with E-state index in [4.69, 9.17) is 5.73 Å². The molecule has 88 valence electrons. The second-order valence-corrected chi connectivity index (χ2v) is 6.49. The fourth-order valence-corrected chi connectivity index (χ4v) is 4.24. The highest BCUT2D eigenvalue weighted by Crippen LogP contribution is 2.40. The van der Waals surface area contributed by atoms with Gasteiger partial charge >= 0.3 is 0 Å². The molecule has 3 rings (SSSR count). The molecule has 1 nitrogen and oxygen atoms in total. The Morgan fingerprint density at radius 2 is 2.19 bits per heavy atom. The molecular formula is C14H21NS. The third-order valence-electron chi connectivity index (χ3n) is 4.45. The summed E-state index contributed by atoms with van der Waals surface area (Å²) in [4.78, 5) is 1.61. The van der Waals surface area contributed by atoms with Gasteiger partial charge < -0.3 is 5.73 Å². The molecule has 0 aromatic carbocycles. The molecule has 1 saturated carbocycles. The van der Waals surface area contributed by atoms with Crippen LogP contribution in [0.5, 0.6) is 0 Å². The summed E-state index contributed by atoms with van der Waals surface area (Å²) in [6, 6.07) is 2.74. The van der Waals surface area contributed by atoms with Gasteiger partial charge in [-0.05, 0) is 48.6 Å². The van der Waals surface area contributed by atoms with Gasteiger partial charge in [0.05, 0.1) is 0 Å². The average Bonchev–Trinajstić information content (AvgIpc) is 2.70. The van der Waals surface area contributed by atoms with Gasteiger partial charge in [0.1, 0.15) is 0 Å². The summed E-state index contributed by atoms with van der Waals surface area (Å²) in [6.07, 6.45) is 9.51. The van der Waals surface area contributed by atoms with E-state index in [1.54, 1.807) is 10.4 Å². The first-order valence-electron chi connectivity index (χ1n) is 6.66. The fourth-order valence-electron chi connectivity index (χ4n) is 3.24. The molecule has 16 heavy (non-hydrogen) atoms. The molecule has 0 amide bonds. The minimum atomic E-state index is 0.416. The van der Waals surface area contributed by atoms with E-state index in [0.717, 1.165) is 5.92 Å². The molecule has 2 N–H and O–H groups in total. The summed E-state index contributed by atoms with van der Waals surface area (Å²) >= 11 is 1.93. The molecule has 2 aliphatic rings. The maximum absolute atomic E-state index is 6.44. The van der Waals surface area contributed by atoms with Crippen molar-refractivity contribution in [3.63, 3.8) is 0 Å². The lowest BCUT2D eigenvalue weighted by atomic mass is 9.75. The standard InChI is InChI=1S/C14H21NS/c15-13(9-10-3-1-4-10)11-5-2-6-14-12(11)7-8-16-14/h7-8,10-11,13H,1-6,9,15H2. The highest BCUT2D eigenvalue weighted by atomic mass is 32.1. The highest BCUT2D eigenvalue weighted by Gasteiger charge is 2.29. The zero-order valence-electron chi connectivity index (χ0n) is 9.82. The van der Waals surface area contributed by atoms with Crippen molar-refractivity contribution in [1.82, 2.24) is 0 Å². The van der Waals surface area contributed by atoms with Gasteiger partial charge in [0.15, 0.2) is 0 Å². The fraction of sp³-hybridized carbons (Fsp3) is 0.714. The molecule has 1 heterocycles. The summed E-state index contributed by atoms with van der Waals surface area (Å²) in [5.41, 5.74) is 8.02. The van der Waals surface area contributed by atoms with Gasteiger partial charge in [-0.25, -0.2) is 0 Å². The first-order valence-corrected chi connectivity index (χ1v) is 7.54. The number of rotatable bonds is 3. The topological polar surface area (TPSA) is 26.0 Å². The van der Waals surface area contributed by atoms with Crippen molar-refractivity contribution >= 4 is 11.3 Å². The van der Waals surface area contributed by atoms with Crippen LogP contribution in [0.4, 0.5) is 0 Å². The molecule has 1 fully saturated rings. The van der Waals surface area contributed by atoms with Crippen LogP contribution in [0.3, 0.4) is 0 Å². The number of aryl methyl sites for hydroxylation is 1. The number of hydrogen-bond acceptors (Lipinski definition) is 2. The van der Waals surface area contributed by atoms with E-state index in [0.29, 0.717) is 12.0 Å². The van der Waals surface area contributed by atoms with Crippen LogP contribution in [0.25, 0.3) is 0 Å². The van der Waals surface area contributed by atoms with Crippen molar-refractivity contribution < 1.29 is 0 Å². The van der Waals surface area contributed by atoms with Crippen molar-refractivity contribution in [3.8, 4) is 0 Å². The molecule has 0 bridgehead atoms. The zero-order valence-corrected chi connectivity index (χ0v) is 10.6. The van der Waals surface area contributed by atoms with E-state index < -0.39 is 0 Å². The lowest BCUT2D eigenvalue weighted by Gasteiger charge is -2.33. The Hall–Kier alpha value is -0.340. The van der Waals surface area contributed by atoms with Gasteiger partial charge in [0, 0.05) is 16.8 Å². The first-order chi connectivity index (χ1) is 7.84. The second kappa shape index (κ2) is 4.50. The van der Waals surface area contributed by atoms with E-state index in [2.05, 4.69) is 11.4 Å². The number of fused-ring (bicyclic) bond motifs is 1. The molecule has 0 aliphatic heterocycles. The summed E-state index contributed by atoms with van der Waals surface area (Å²) in [5.74, 6) is 1.61. The highest BCUT2D eigenvalue weighted by molar-refractivity contribution is 7.10. The predicted octanol–water partition coefficient (Wildman–Crippen LogP) is 3.69. The van der Waals surface area contributed by atoms with Crippen LogP contribution in [-0.2, 0) is 6.42 Å². The van der Waals surface area contributed by atoms with Crippen LogP contribution in [0.1, 0.15) is 54.9 Å². The molecule has 0 spiro atoms. The van der Waals surface area contributed by atoms with Crippen LogP contribution in [0.2, 0.25) is 0 Å². The Morgan fingerprint density at radius 1 is 1.31 bits per heavy atom. The van der Waals surface area contributed by atoms with E-state index in [9.17, 15) is 0 Å². The summed E-state index contributed by atoms with van der Waals surface area (Å²) in [5, 5.41) is 2.25. The molecule has 1 aromatic heterocycles. The van der Waals surface area contributed by atoms with E-state index in [1.807, 2.05) is 11.3 Å². The third-order valence-corrected chi connectivity index (χ3v) is 5.44. The Labute approximate surface area is 102 Å². The quantitative estimate of drug-likeness (QED) is 0.849. The smallest absolute Gasteiger partial charge is 0.0111 e. The van der Waals surface area contributed by atoms with Crippen molar-refractivity contribution in [2.45, 2.75) is 56.9 Å². The van der Waals surface area contributed by atoms with Crippen LogP contribution in [0, 0.1) is 5.92 Å². The van der Waals surface area contributed by atoms with Gasteiger partial charge in [-0.2, -0.15) is 0 Å². The van der Waals surface area contributed by atoms with Crippen molar-refractivity contribution in [2.24, 2.45) is 11.7 Å². The van der Waals surface area contributed by atoms with Crippen LogP contribution in [-0.4, -0.2) is 6.04 Å². The monoisotopic (exact) mass is 235 g/mol. The Balaban J connectivity index is 1.70. The van der Waals surface area contributed by atoms with Gasteiger partial charge in [-0.1, -0.05) is 19.3 Å². The number of thiophene rings is 1. The minimum absolute atomic E-state index is 0.416. The third kappa shape index (κ3) is 1.93. The van der Waals surface area contributed by atoms with Gasteiger partial charge in [0.25, 0.3) is 0 Å². The van der Waals surface area contributed by atoms with Crippen molar-refractivity contribution in [1.29, 1.82) is 0 Å². The van der Waals surface area contributed by atoms with Crippen LogP contribution < -0.4 is 5.73 Å². The average molecular weight is 235 g/mol. The second-order valence-electron chi connectivity index (χ2n) is 5.49. The maximum atomic E-state index is 6.44. The predicted molar refractivity (Wildman–Crippen MR) is 69.9 cm³/mol. The molecule has 1 aromatic rings. The molecule has 2 aliphatic carbocycles. The van der Waals surface area contributed by atoms with Crippen molar-refractivity contribution in [2.75, 3.05) is 0 Å². The van der Waals surface area contributed by atoms with Gasteiger partial charge in [0.2, 0.25) is 0 Å². The molecule has 0 saturated heterocycles. The van der Waals surface area contributed by atoms with Crippen LogP contribution in [0.15, 0.2) is 11.4 Å². The molecular weight excluding hydrogens is 214 g/mol. The van der Waals surface area contributed by atoms with Gasteiger partial charge in [-0.3, -0.25) is 0 Å². The minimum Gasteiger partial charge on any atom is -0.327 e. The maximum Gasteiger partial charge on any atom is 0.0111 e. The van der Waals surface area contributed by atoms with Gasteiger partial charge in [-0.15, -0.1) is 11.3 Å². The Bertz CT molecular complexity index is 353. The zero-order chi connectivity index (χ0) is 11.0. The molecule has 2 unspecified atom stereocenters. The van der Waals surface area contributed by atoms with E-state index in [1.165, 1.54) is 44.9 Å². The largest absolute Gasteiger partial charge is 0.327 e. The normalized spacial score (nSPS) is 27.2. The molecule has 0 radical (unpaired) electrons. The number of nitrogens with two attached hydrogens (primary N) is 1.